The van der Waals surface area contributed by atoms with Crippen LogP contribution in [0.15, 0.2) is 40.3 Å². The van der Waals surface area contributed by atoms with Crippen LogP contribution < -0.4 is 5.56 Å². The summed E-state index contributed by atoms with van der Waals surface area (Å²) in [6.45, 7) is 7.52. The average molecular weight is 444 g/mol. The quantitative estimate of drug-likeness (QED) is 0.316. The Morgan fingerprint density at radius 2 is 2.07 bits per heavy atom. The fourth-order valence-electron chi connectivity index (χ4n) is 3.67. The standard InChI is InChI=1S/C22H25N3O3S2/c1-3-24-11-10-17-16(13-24)19-20(30-17)21(27)25(12-15-8-6-5-7-9-15)22(23-19)29-14-18(26)28-4-2/h5-9H,3-4,10-14H2,1-2H3. The van der Waals surface area contributed by atoms with E-state index >= 15 is 0 Å². The van der Waals surface area contributed by atoms with E-state index in [2.05, 4.69) is 11.8 Å². The van der Waals surface area contributed by atoms with Gasteiger partial charge in [-0.3, -0.25) is 19.1 Å². The topological polar surface area (TPSA) is 64.4 Å². The number of thioether (sulfide) groups is 1. The van der Waals surface area contributed by atoms with Gasteiger partial charge in [0.1, 0.15) is 4.70 Å². The van der Waals surface area contributed by atoms with E-state index in [1.54, 1.807) is 22.8 Å². The summed E-state index contributed by atoms with van der Waals surface area (Å²) in [4.78, 5) is 34.0. The van der Waals surface area contributed by atoms with Gasteiger partial charge in [-0.15, -0.1) is 11.3 Å². The first kappa shape index (κ1) is 21.1. The summed E-state index contributed by atoms with van der Waals surface area (Å²) in [7, 11) is 0. The van der Waals surface area contributed by atoms with Crippen molar-refractivity contribution in [2.24, 2.45) is 0 Å². The van der Waals surface area contributed by atoms with Crippen molar-refractivity contribution in [1.29, 1.82) is 0 Å². The zero-order valence-electron chi connectivity index (χ0n) is 17.2. The second-order valence-corrected chi connectivity index (χ2v) is 9.21. The summed E-state index contributed by atoms with van der Waals surface area (Å²) >= 11 is 2.85. The third-order valence-corrected chi connectivity index (χ3v) is 7.45. The molecule has 3 heterocycles. The smallest absolute Gasteiger partial charge is 0.316 e. The zero-order valence-corrected chi connectivity index (χ0v) is 18.9. The molecule has 1 aliphatic rings. The number of esters is 1. The number of carbonyl (C=O) groups excluding carboxylic acids is 1. The minimum Gasteiger partial charge on any atom is -0.465 e. The van der Waals surface area contributed by atoms with Crippen LogP contribution in [0.5, 0.6) is 0 Å². The van der Waals surface area contributed by atoms with Gasteiger partial charge in [-0.05, 0) is 25.5 Å². The number of ether oxygens (including phenoxy) is 1. The Balaban J connectivity index is 1.78. The number of carbonyl (C=O) groups is 1. The number of nitrogens with zero attached hydrogens (tertiary/aromatic N) is 3. The van der Waals surface area contributed by atoms with Gasteiger partial charge >= 0.3 is 5.97 Å². The summed E-state index contributed by atoms with van der Waals surface area (Å²) in [5.74, 6) is -0.166. The lowest BCUT2D eigenvalue weighted by Gasteiger charge is -2.25. The summed E-state index contributed by atoms with van der Waals surface area (Å²) in [6, 6.07) is 9.86. The zero-order chi connectivity index (χ0) is 21.1. The van der Waals surface area contributed by atoms with Gasteiger partial charge in [-0.1, -0.05) is 49.0 Å². The van der Waals surface area contributed by atoms with Crippen LogP contribution in [-0.2, 0) is 29.0 Å². The minimum absolute atomic E-state index is 0.0299. The van der Waals surface area contributed by atoms with Crippen LogP contribution >= 0.6 is 23.1 Å². The lowest BCUT2D eigenvalue weighted by Crippen LogP contribution is -2.29. The van der Waals surface area contributed by atoms with E-state index in [0.29, 0.717) is 18.3 Å². The van der Waals surface area contributed by atoms with Crippen LogP contribution in [-0.4, -0.2) is 45.9 Å². The molecule has 0 saturated heterocycles. The molecule has 0 atom stereocenters. The Kier molecular flexibility index (Phi) is 6.55. The second-order valence-electron chi connectivity index (χ2n) is 7.17. The highest BCUT2D eigenvalue weighted by Gasteiger charge is 2.25. The monoisotopic (exact) mass is 443 g/mol. The number of fused-ring (bicyclic) bond motifs is 3. The van der Waals surface area contributed by atoms with E-state index in [1.807, 2.05) is 30.3 Å². The highest BCUT2D eigenvalue weighted by molar-refractivity contribution is 7.99. The van der Waals surface area contributed by atoms with Crippen molar-refractivity contribution in [2.75, 3.05) is 25.4 Å². The summed E-state index contributed by atoms with van der Waals surface area (Å²) in [5, 5.41) is 0.568. The van der Waals surface area contributed by atoms with E-state index < -0.39 is 0 Å². The van der Waals surface area contributed by atoms with Gasteiger partial charge in [0.15, 0.2) is 5.16 Å². The molecule has 1 aliphatic heterocycles. The van der Waals surface area contributed by atoms with Gasteiger partial charge in [0.05, 0.1) is 24.4 Å². The van der Waals surface area contributed by atoms with Crippen LogP contribution in [0.3, 0.4) is 0 Å². The number of hydrogen-bond acceptors (Lipinski definition) is 7. The maximum atomic E-state index is 13.5. The first-order chi connectivity index (χ1) is 14.6. The molecule has 0 amide bonds. The normalized spacial score (nSPS) is 14.1. The van der Waals surface area contributed by atoms with Crippen LogP contribution in [0, 0.1) is 0 Å². The number of hydrogen-bond donors (Lipinski definition) is 0. The van der Waals surface area contributed by atoms with Gasteiger partial charge in [0.25, 0.3) is 5.56 Å². The number of rotatable bonds is 7. The summed E-state index contributed by atoms with van der Waals surface area (Å²) in [6.07, 6.45) is 0.952. The molecule has 0 fully saturated rings. The Morgan fingerprint density at radius 1 is 1.27 bits per heavy atom. The van der Waals surface area contributed by atoms with Crippen molar-refractivity contribution in [1.82, 2.24) is 14.5 Å². The second kappa shape index (κ2) is 9.32. The minimum atomic E-state index is -0.299. The molecule has 0 aliphatic carbocycles. The largest absolute Gasteiger partial charge is 0.465 e. The molecular weight excluding hydrogens is 418 g/mol. The van der Waals surface area contributed by atoms with Crippen molar-refractivity contribution in [3.8, 4) is 0 Å². The van der Waals surface area contributed by atoms with Crippen molar-refractivity contribution < 1.29 is 9.53 Å². The molecule has 0 N–H and O–H groups in total. The molecule has 30 heavy (non-hydrogen) atoms. The predicted molar refractivity (Wildman–Crippen MR) is 121 cm³/mol. The van der Waals surface area contributed by atoms with Crippen molar-refractivity contribution in [3.05, 3.63) is 56.7 Å². The molecule has 4 rings (SSSR count). The average Bonchev–Trinajstić information content (AvgIpc) is 3.13. The number of thiophene rings is 1. The SMILES string of the molecule is CCOC(=O)CSc1nc2c3c(sc2c(=O)n1Cc1ccccc1)CCN(CC)C3. The number of aromatic nitrogens is 2. The van der Waals surface area contributed by atoms with E-state index in [9.17, 15) is 9.59 Å². The maximum Gasteiger partial charge on any atom is 0.316 e. The summed E-state index contributed by atoms with van der Waals surface area (Å²) in [5.41, 5.74) is 2.97. The van der Waals surface area contributed by atoms with Crippen molar-refractivity contribution in [3.63, 3.8) is 0 Å². The van der Waals surface area contributed by atoms with E-state index in [0.717, 1.165) is 41.8 Å². The lowest BCUT2D eigenvalue weighted by atomic mass is 10.1. The Morgan fingerprint density at radius 3 is 2.80 bits per heavy atom. The summed E-state index contributed by atoms with van der Waals surface area (Å²) < 4.78 is 7.48. The predicted octanol–water partition coefficient (Wildman–Crippen LogP) is 3.54. The lowest BCUT2D eigenvalue weighted by molar-refractivity contribution is -0.139. The molecule has 8 heteroatoms. The van der Waals surface area contributed by atoms with Crippen molar-refractivity contribution in [2.45, 2.75) is 38.5 Å². The Bertz CT molecular complexity index is 1110. The fourth-order valence-corrected chi connectivity index (χ4v) is 5.65. The molecule has 6 nitrogen and oxygen atoms in total. The molecule has 158 valence electrons. The highest BCUT2D eigenvalue weighted by atomic mass is 32.2. The number of likely N-dealkylation sites (N-methyl/N-ethyl adjacent to an activating group) is 1. The molecule has 0 spiro atoms. The third-order valence-electron chi connectivity index (χ3n) is 5.23. The van der Waals surface area contributed by atoms with Crippen molar-refractivity contribution >= 4 is 39.3 Å². The Hall–Kier alpha value is -2.16. The van der Waals surface area contributed by atoms with E-state index in [4.69, 9.17) is 9.72 Å². The molecule has 0 bridgehead atoms. The van der Waals surface area contributed by atoms with E-state index in [1.165, 1.54) is 22.2 Å². The fraction of sp³-hybridized carbons (Fsp3) is 0.409. The van der Waals surface area contributed by atoms with Gasteiger partial charge in [-0.2, -0.15) is 0 Å². The van der Waals surface area contributed by atoms with Crippen LogP contribution in [0.1, 0.15) is 29.9 Å². The molecule has 0 radical (unpaired) electrons. The molecule has 0 unspecified atom stereocenters. The molecule has 0 saturated carbocycles. The maximum absolute atomic E-state index is 13.5. The molecule has 3 aromatic rings. The van der Waals surface area contributed by atoms with Gasteiger partial charge in [0, 0.05) is 23.5 Å². The molecule has 1 aromatic carbocycles. The number of benzene rings is 1. The van der Waals surface area contributed by atoms with Gasteiger partial charge in [0.2, 0.25) is 0 Å². The van der Waals surface area contributed by atoms with Crippen LogP contribution in [0.25, 0.3) is 10.2 Å². The van der Waals surface area contributed by atoms with E-state index in [-0.39, 0.29) is 17.3 Å². The van der Waals surface area contributed by atoms with Crippen LogP contribution in [0.2, 0.25) is 0 Å². The molecule has 2 aromatic heterocycles. The first-order valence-electron chi connectivity index (χ1n) is 10.2. The van der Waals surface area contributed by atoms with Gasteiger partial charge in [-0.25, -0.2) is 4.98 Å². The Labute approximate surface area is 183 Å². The third kappa shape index (κ3) is 4.31. The van der Waals surface area contributed by atoms with Crippen LogP contribution in [0.4, 0.5) is 0 Å². The van der Waals surface area contributed by atoms with Gasteiger partial charge < -0.3 is 4.74 Å². The molecular formula is C22H25N3O3S2. The highest BCUT2D eigenvalue weighted by Crippen LogP contribution is 2.33. The first-order valence-corrected chi connectivity index (χ1v) is 12.0.